The molecule has 2 fully saturated rings. The van der Waals surface area contributed by atoms with Gasteiger partial charge in [0.05, 0.1) is 6.10 Å². The van der Waals surface area contributed by atoms with Crippen LogP contribution in [-0.2, 0) is 0 Å². The van der Waals surface area contributed by atoms with Gasteiger partial charge in [-0.15, -0.1) is 0 Å². The third kappa shape index (κ3) is 1.81. The first kappa shape index (κ1) is 11.4. The molecule has 1 unspecified atom stereocenters. The maximum atomic E-state index is 9.76. The van der Waals surface area contributed by atoms with E-state index in [-0.39, 0.29) is 11.6 Å². The Morgan fingerprint density at radius 3 is 2.40 bits per heavy atom. The lowest BCUT2D eigenvalue weighted by atomic mass is 9.82. The molecule has 0 amide bonds. The molecule has 0 aromatic heterocycles. The van der Waals surface area contributed by atoms with Crippen LogP contribution in [0.25, 0.3) is 0 Å². The second-order valence-corrected chi connectivity index (χ2v) is 6.15. The highest BCUT2D eigenvalue weighted by molar-refractivity contribution is 5.11. The quantitative estimate of drug-likeness (QED) is 0.700. The fourth-order valence-electron chi connectivity index (χ4n) is 3.01. The van der Waals surface area contributed by atoms with Gasteiger partial charge >= 0.3 is 0 Å². The Bertz CT molecular complexity index is 240. The summed E-state index contributed by atoms with van der Waals surface area (Å²) in [6.07, 6.45) is 0.861. The van der Waals surface area contributed by atoms with Crippen molar-refractivity contribution in [2.45, 2.75) is 51.3 Å². The fourth-order valence-corrected chi connectivity index (χ4v) is 3.01. The highest BCUT2D eigenvalue weighted by Gasteiger charge is 2.54. The van der Waals surface area contributed by atoms with Crippen LogP contribution < -0.4 is 0 Å². The summed E-state index contributed by atoms with van der Waals surface area (Å²) in [5.41, 5.74) is 0.569. The van der Waals surface area contributed by atoms with Gasteiger partial charge in [-0.3, -0.25) is 9.80 Å². The zero-order chi connectivity index (χ0) is 11.3. The van der Waals surface area contributed by atoms with Crippen LogP contribution in [0.15, 0.2) is 0 Å². The van der Waals surface area contributed by atoms with Crippen LogP contribution in [0.2, 0.25) is 0 Å². The molecule has 0 aromatic carbocycles. The summed E-state index contributed by atoms with van der Waals surface area (Å²) in [6.45, 7) is 13.2. The van der Waals surface area contributed by atoms with Gasteiger partial charge in [0.15, 0.2) is 0 Å². The van der Waals surface area contributed by atoms with Crippen LogP contribution in [-0.4, -0.2) is 58.3 Å². The molecule has 2 rings (SSSR count). The average molecular weight is 212 g/mol. The van der Waals surface area contributed by atoms with E-state index in [0.29, 0.717) is 5.54 Å². The summed E-state index contributed by atoms with van der Waals surface area (Å²) in [4.78, 5) is 4.97. The van der Waals surface area contributed by atoms with Gasteiger partial charge in [-0.25, -0.2) is 0 Å². The van der Waals surface area contributed by atoms with Gasteiger partial charge in [-0.1, -0.05) is 6.92 Å². The molecule has 1 N–H and O–H groups in total. The number of aliphatic hydroxyl groups excluding tert-OH is 1. The molecule has 0 aromatic rings. The van der Waals surface area contributed by atoms with Crippen LogP contribution in [0.5, 0.6) is 0 Å². The molecule has 0 saturated carbocycles. The Balaban J connectivity index is 2.01. The first-order valence-electron chi connectivity index (χ1n) is 6.05. The van der Waals surface area contributed by atoms with Gasteiger partial charge in [-0.2, -0.15) is 0 Å². The lowest BCUT2D eigenvalue weighted by Gasteiger charge is -2.57. The summed E-state index contributed by atoms with van der Waals surface area (Å²) >= 11 is 0. The monoisotopic (exact) mass is 212 g/mol. The van der Waals surface area contributed by atoms with Crippen LogP contribution >= 0.6 is 0 Å². The number of aliphatic hydroxyl groups is 1. The Morgan fingerprint density at radius 2 is 1.93 bits per heavy atom. The summed E-state index contributed by atoms with van der Waals surface area (Å²) in [6, 6.07) is 0. The van der Waals surface area contributed by atoms with E-state index in [1.165, 1.54) is 0 Å². The zero-order valence-electron chi connectivity index (χ0n) is 10.5. The molecule has 3 nitrogen and oxygen atoms in total. The third-order valence-electron chi connectivity index (χ3n) is 4.02. The molecule has 2 aliphatic rings. The van der Waals surface area contributed by atoms with E-state index in [0.717, 1.165) is 32.6 Å². The van der Waals surface area contributed by atoms with E-state index in [1.807, 2.05) is 0 Å². The number of likely N-dealkylation sites (N-methyl/N-ethyl adjacent to an activating group) is 1. The van der Waals surface area contributed by atoms with Crippen molar-refractivity contribution in [2.75, 3.05) is 26.2 Å². The van der Waals surface area contributed by atoms with Crippen LogP contribution in [0.3, 0.4) is 0 Å². The van der Waals surface area contributed by atoms with Crippen molar-refractivity contribution in [1.29, 1.82) is 0 Å². The summed E-state index contributed by atoms with van der Waals surface area (Å²) in [7, 11) is 0. The number of hydrogen-bond donors (Lipinski definition) is 1. The molecule has 3 heteroatoms. The van der Waals surface area contributed by atoms with Gasteiger partial charge < -0.3 is 5.11 Å². The van der Waals surface area contributed by atoms with Crippen molar-refractivity contribution >= 4 is 0 Å². The zero-order valence-corrected chi connectivity index (χ0v) is 10.5. The summed E-state index contributed by atoms with van der Waals surface area (Å²) < 4.78 is 0. The standard InChI is InChI=1S/C12H24N2O/c1-5-13-7-10(15)6-12(13)8-14(9-12)11(2,3)4/h10,15H,5-9H2,1-4H3. The second-order valence-electron chi connectivity index (χ2n) is 6.15. The van der Waals surface area contributed by atoms with Crippen molar-refractivity contribution < 1.29 is 5.11 Å². The fraction of sp³-hybridized carbons (Fsp3) is 1.00. The van der Waals surface area contributed by atoms with Gasteiger partial charge in [0.1, 0.15) is 0 Å². The van der Waals surface area contributed by atoms with Gasteiger partial charge in [0.25, 0.3) is 0 Å². The van der Waals surface area contributed by atoms with E-state index < -0.39 is 0 Å². The highest BCUT2D eigenvalue weighted by Crippen LogP contribution is 2.40. The Kier molecular flexibility index (Phi) is 2.61. The number of rotatable bonds is 1. The van der Waals surface area contributed by atoms with Crippen molar-refractivity contribution in [2.24, 2.45) is 0 Å². The van der Waals surface area contributed by atoms with E-state index >= 15 is 0 Å². The number of β-amino-alcohol motifs (C(OH)–C–C–N with tert-alkyl or cyclic N) is 1. The molecule has 15 heavy (non-hydrogen) atoms. The topological polar surface area (TPSA) is 26.7 Å². The third-order valence-corrected chi connectivity index (χ3v) is 4.02. The maximum absolute atomic E-state index is 9.76. The summed E-state index contributed by atoms with van der Waals surface area (Å²) in [5, 5.41) is 9.76. The largest absolute Gasteiger partial charge is 0.392 e. The molecule has 2 saturated heterocycles. The molecular weight excluding hydrogens is 188 g/mol. The van der Waals surface area contributed by atoms with Crippen molar-refractivity contribution in [3.63, 3.8) is 0 Å². The van der Waals surface area contributed by atoms with Crippen molar-refractivity contribution in [1.82, 2.24) is 9.80 Å². The highest BCUT2D eigenvalue weighted by atomic mass is 16.3. The van der Waals surface area contributed by atoms with Crippen molar-refractivity contribution in [3.05, 3.63) is 0 Å². The molecular formula is C12H24N2O. The van der Waals surface area contributed by atoms with Crippen LogP contribution in [0, 0.1) is 0 Å². The summed E-state index contributed by atoms with van der Waals surface area (Å²) in [5.74, 6) is 0. The van der Waals surface area contributed by atoms with Crippen molar-refractivity contribution in [3.8, 4) is 0 Å². The number of nitrogens with zero attached hydrogens (tertiary/aromatic N) is 2. The molecule has 0 radical (unpaired) electrons. The van der Waals surface area contributed by atoms with E-state index in [4.69, 9.17) is 0 Å². The van der Waals surface area contributed by atoms with E-state index in [1.54, 1.807) is 0 Å². The molecule has 0 aliphatic carbocycles. The lowest BCUT2D eigenvalue weighted by Crippen LogP contribution is -2.71. The predicted octanol–water partition coefficient (Wildman–Crippen LogP) is 0.926. The SMILES string of the molecule is CCN1CC(O)CC12CN(C(C)(C)C)C2. The Morgan fingerprint density at radius 1 is 1.33 bits per heavy atom. The smallest absolute Gasteiger partial charge is 0.0686 e. The predicted molar refractivity (Wildman–Crippen MR) is 61.9 cm³/mol. The number of hydrogen-bond acceptors (Lipinski definition) is 3. The first-order valence-corrected chi connectivity index (χ1v) is 6.05. The van der Waals surface area contributed by atoms with Gasteiger partial charge in [0, 0.05) is 30.7 Å². The maximum Gasteiger partial charge on any atom is 0.0686 e. The Hall–Kier alpha value is -0.120. The molecule has 2 heterocycles. The lowest BCUT2D eigenvalue weighted by molar-refractivity contribution is -0.0740. The molecule has 0 bridgehead atoms. The second kappa shape index (κ2) is 3.44. The minimum Gasteiger partial charge on any atom is -0.392 e. The Labute approximate surface area is 93.1 Å². The van der Waals surface area contributed by atoms with Crippen LogP contribution in [0.1, 0.15) is 34.1 Å². The molecule has 88 valence electrons. The van der Waals surface area contributed by atoms with Crippen LogP contribution in [0.4, 0.5) is 0 Å². The van der Waals surface area contributed by atoms with Gasteiger partial charge in [0.2, 0.25) is 0 Å². The minimum absolute atomic E-state index is 0.105. The number of likely N-dealkylation sites (tertiary alicyclic amines) is 2. The van der Waals surface area contributed by atoms with E-state index in [9.17, 15) is 5.11 Å². The molecule has 2 aliphatic heterocycles. The molecule has 1 spiro atoms. The normalized spacial score (nSPS) is 32.2. The first-order chi connectivity index (χ1) is 6.87. The average Bonchev–Trinajstić information content (AvgIpc) is 2.37. The van der Waals surface area contributed by atoms with E-state index in [2.05, 4.69) is 37.5 Å². The molecule has 1 atom stereocenters. The minimum atomic E-state index is -0.105. The van der Waals surface area contributed by atoms with Gasteiger partial charge in [-0.05, 0) is 33.7 Å².